The zero-order chi connectivity index (χ0) is 11.1. The van der Waals surface area contributed by atoms with Crippen molar-refractivity contribution in [2.24, 2.45) is 0 Å². The lowest BCUT2D eigenvalue weighted by Crippen LogP contribution is -2.09. The number of benzene rings is 1. The van der Waals surface area contributed by atoms with E-state index in [1.807, 2.05) is 24.3 Å². The van der Waals surface area contributed by atoms with E-state index >= 15 is 0 Å². The van der Waals surface area contributed by atoms with Crippen molar-refractivity contribution >= 4 is 21.9 Å². The highest BCUT2D eigenvalue weighted by Crippen LogP contribution is 2.15. The molecule has 3 nitrogen and oxygen atoms in total. The third kappa shape index (κ3) is 4.65. The number of hydrogen-bond donors (Lipinski definition) is 0. The molecular weight excluding hydrogens is 260 g/mol. The Morgan fingerprint density at radius 2 is 2.00 bits per heavy atom. The van der Waals surface area contributed by atoms with Crippen molar-refractivity contribution in [1.82, 2.24) is 0 Å². The summed E-state index contributed by atoms with van der Waals surface area (Å²) < 4.78 is 11.1. The molecule has 15 heavy (non-hydrogen) atoms. The molecule has 1 aromatic rings. The SMILES string of the molecule is C=CC(=O)OCCOc1ccc(Br)cc1. The summed E-state index contributed by atoms with van der Waals surface area (Å²) in [4.78, 5) is 10.7. The van der Waals surface area contributed by atoms with Gasteiger partial charge in [-0.2, -0.15) is 0 Å². The summed E-state index contributed by atoms with van der Waals surface area (Å²) in [5.74, 6) is 0.308. The molecule has 4 heteroatoms. The van der Waals surface area contributed by atoms with Gasteiger partial charge in [0.2, 0.25) is 0 Å². The summed E-state index contributed by atoms with van der Waals surface area (Å²) in [6.07, 6.45) is 1.12. The van der Waals surface area contributed by atoms with Gasteiger partial charge in [-0.3, -0.25) is 0 Å². The Balaban J connectivity index is 2.23. The van der Waals surface area contributed by atoms with E-state index in [4.69, 9.17) is 9.47 Å². The summed E-state index contributed by atoms with van der Waals surface area (Å²) in [6, 6.07) is 7.43. The molecule has 1 aromatic carbocycles. The van der Waals surface area contributed by atoms with Crippen LogP contribution < -0.4 is 4.74 Å². The lowest BCUT2D eigenvalue weighted by atomic mass is 10.3. The number of halogens is 1. The molecule has 0 aliphatic rings. The summed E-state index contributed by atoms with van der Waals surface area (Å²) in [6.45, 7) is 3.84. The molecule has 0 spiro atoms. The number of ether oxygens (including phenoxy) is 2. The van der Waals surface area contributed by atoms with Gasteiger partial charge in [0.1, 0.15) is 19.0 Å². The first kappa shape index (κ1) is 11.8. The van der Waals surface area contributed by atoms with Gasteiger partial charge in [-0.25, -0.2) is 4.79 Å². The minimum Gasteiger partial charge on any atom is -0.490 e. The van der Waals surface area contributed by atoms with E-state index in [2.05, 4.69) is 22.5 Å². The monoisotopic (exact) mass is 270 g/mol. The van der Waals surface area contributed by atoms with E-state index in [-0.39, 0.29) is 6.61 Å². The quantitative estimate of drug-likeness (QED) is 0.469. The van der Waals surface area contributed by atoms with Gasteiger partial charge in [0.05, 0.1) is 0 Å². The molecule has 0 N–H and O–H groups in total. The Kier molecular flexibility index (Phi) is 4.90. The van der Waals surface area contributed by atoms with Crippen LogP contribution in [0.4, 0.5) is 0 Å². The average Bonchev–Trinajstić information content (AvgIpc) is 2.26. The molecule has 1 rings (SSSR count). The topological polar surface area (TPSA) is 35.5 Å². The molecule has 0 aliphatic heterocycles. The van der Waals surface area contributed by atoms with Crippen molar-refractivity contribution in [3.8, 4) is 5.75 Å². The molecule has 80 valence electrons. The molecule has 0 unspecified atom stereocenters. The van der Waals surface area contributed by atoms with Crippen molar-refractivity contribution in [3.63, 3.8) is 0 Å². The Morgan fingerprint density at radius 3 is 2.60 bits per heavy atom. The molecule has 0 heterocycles. The van der Waals surface area contributed by atoms with Crippen LogP contribution in [-0.4, -0.2) is 19.2 Å². The van der Waals surface area contributed by atoms with Crippen LogP contribution in [0.2, 0.25) is 0 Å². The van der Waals surface area contributed by atoms with Crippen LogP contribution in [0.25, 0.3) is 0 Å². The lowest BCUT2D eigenvalue weighted by molar-refractivity contribution is -0.138. The second kappa shape index (κ2) is 6.24. The van der Waals surface area contributed by atoms with E-state index in [0.29, 0.717) is 6.61 Å². The Morgan fingerprint density at radius 1 is 1.33 bits per heavy atom. The minimum absolute atomic E-state index is 0.223. The zero-order valence-corrected chi connectivity index (χ0v) is 9.70. The van der Waals surface area contributed by atoms with Gasteiger partial charge in [0, 0.05) is 10.5 Å². The third-order valence-corrected chi connectivity index (χ3v) is 2.11. The molecule has 0 radical (unpaired) electrons. The normalized spacial score (nSPS) is 9.40. The molecule has 0 saturated carbocycles. The van der Waals surface area contributed by atoms with Crippen LogP contribution in [0, 0.1) is 0 Å². The molecule has 0 amide bonds. The van der Waals surface area contributed by atoms with Crippen LogP contribution in [0.5, 0.6) is 5.75 Å². The van der Waals surface area contributed by atoms with E-state index < -0.39 is 5.97 Å². The van der Waals surface area contributed by atoms with Gasteiger partial charge in [0.15, 0.2) is 0 Å². The predicted octanol–water partition coefficient (Wildman–Crippen LogP) is 2.56. The van der Waals surface area contributed by atoms with Crippen LogP contribution >= 0.6 is 15.9 Å². The van der Waals surface area contributed by atoms with E-state index in [9.17, 15) is 4.79 Å². The fourth-order valence-corrected chi connectivity index (χ4v) is 1.16. The number of hydrogen-bond acceptors (Lipinski definition) is 3. The number of esters is 1. The van der Waals surface area contributed by atoms with Crippen molar-refractivity contribution in [1.29, 1.82) is 0 Å². The van der Waals surface area contributed by atoms with Gasteiger partial charge >= 0.3 is 5.97 Å². The van der Waals surface area contributed by atoms with E-state index in [1.54, 1.807) is 0 Å². The summed E-state index contributed by atoms with van der Waals surface area (Å²) in [7, 11) is 0. The highest BCUT2D eigenvalue weighted by Gasteiger charge is 1.96. The summed E-state index contributed by atoms with van der Waals surface area (Å²) in [5.41, 5.74) is 0. The standard InChI is InChI=1S/C11H11BrO3/c1-2-11(13)15-8-7-14-10-5-3-9(12)4-6-10/h2-6H,1,7-8H2. The maximum atomic E-state index is 10.7. The molecule has 0 aromatic heterocycles. The van der Waals surface area contributed by atoms with Gasteiger partial charge in [0.25, 0.3) is 0 Å². The molecule has 0 fully saturated rings. The highest BCUT2D eigenvalue weighted by molar-refractivity contribution is 9.10. The molecule has 0 aliphatic carbocycles. The number of carbonyl (C=O) groups excluding carboxylic acids is 1. The molecule has 0 atom stereocenters. The van der Waals surface area contributed by atoms with Crippen LogP contribution in [0.3, 0.4) is 0 Å². The second-order valence-corrected chi connectivity index (χ2v) is 3.59. The second-order valence-electron chi connectivity index (χ2n) is 2.67. The lowest BCUT2D eigenvalue weighted by Gasteiger charge is -2.05. The molecule has 0 saturated heterocycles. The van der Waals surface area contributed by atoms with Crippen molar-refractivity contribution in [3.05, 3.63) is 41.4 Å². The predicted molar refractivity (Wildman–Crippen MR) is 60.8 cm³/mol. The van der Waals surface area contributed by atoms with Crippen molar-refractivity contribution in [2.45, 2.75) is 0 Å². The minimum atomic E-state index is -0.436. The Labute approximate surface area is 96.8 Å². The Hall–Kier alpha value is -1.29. The van der Waals surface area contributed by atoms with Gasteiger partial charge in [-0.05, 0) is 24.3 Å². The first-order valence-corrected chi connectivity index (χ1v) is 5.19. The third-order valence-electron chi connectivity index (χ3n) is 1.58. The average molecular weight is 271 g/mol. The fourth-order valence-electron chi connectivity index (χ4n) is 0.892. The van der Waals surface area contributed by atoms with Gasteiger partial charge < -0.3 is 9.47 Å². The maximum absolute atomic E-state index is 10.7. The van der Waals surface area contributed by atoms with Crippen LogP contribution in [0.15, 0.2) is 41.4 Å². The number of rotatable bonds is 5. The largest absolute Gasteiger partial charge is 0.490 e. The van der Waals surface area contributed by atoms with E-state index in [0.717, 1.165) is 16.3 Å². The highest BCUT2D eigenvalue weighted by atomic mass is 79.9. The molecular formula is C11H11BrO3. The first-order valence-electron chi connectivity index (χ1n) is 4.40. The van der Waals surface area contributed by atoms with Gasteiger partial charge in [-0.15, -0.1) is 0 Å². The summed E-state index contributed by atoms with van der Waals surface area (Å²) >= 11 is 3.32. The fraction of sp³-hybridized carbons (Fsp3) is 0.182. The Bertz CT molecular complexity index is 332. The van der Waals surface area contributed by atoms with Crippen molar-refractivity contribution in [2.75, 3.05) is 13.2 Å². The molecule has 0 bridgehead atoms. The maximum Gasteiger partial charge on any atom is 0.330 e. The first-order chi connectivity index (χ1) is 7.22. The van der Waals surface area contributed by atoms with Gasteiger partial charge in [-0.1, -0.05) is 22.5 Å². The smallest absolute Gasteiger partial charge is 0.330 e. The van der Waals surface area contributed by atoms with Crippen molar-refractivity contribution < 1.29 is 14.3 Å². The summed E-state index contributed by atoms with van der Waals surface area (Å²) in [5, 5.41) is 0. The van der Waals surface area contributed by atoms with E-state index in [1.165, 1.54) is 0 Å². The van der Waals surface area contributed by atoms with Crippen LogP contribution in [0.1, 0.15) is 0 Å². The van der Waals surface area contributed by atoms with Crippen LogP contribution in [-0.2, 0) is 9.53 Å². The zero-order valence-electron chi connectivity index (χ0n) is 8.11. The number of carbonyl (C=O) groups is 1.